The van der Waals surface area contributed by atoms with Crippen molar-refractivity contribution in [2.45, 2.75) is 26.3 Å². The number of hydrogen-bond acceptors (Lipinski definition) is 1. The van der Waals surface area contributed by atoms with Gasteiger partial charge in [-0.2, -0.15) is 0 Å². The highest BCUT2D eigenvalue weighted by molar-refractivity contribution is 5.22. The van der Waals surface area contributed by atoms with Gasteiger partial charge in [0.1, 0.15) is 0 Å². The molecule has 1 aliphatic rings. The summed E-state index contributed by atoms with van der Waals surface area (Å²) in [5.41, 5.74) is 7.92. The third-order valence-electron chi connectivity index (χ3n) is 3.21. The zero-order chi connectivity index (χ0) is 9.47. The maximum Gasteiger partial charge on any atom is 0.0328 e. The summed E-state index contributed by atoms with van der Waals surface area (Å²) < 4.78 is 0. The average molecular weight is 175 g/mol. The normalized spacial score (nSPS) is 26.8. The highest BCUT2D eigenvalue weighted by atomic mass is 14.7. The molecule has 0 saturated heterocycles. The molecule has 1 heteroatoms. The monoisotopic (exact) mass is 175 g/mol. The van der Waals surface area contributed by atoms with E-state index in [1.807, 2.05) is 6.07 Å². The van der Waals surface area contributed by atoms with Gasteiger partial charge in [0, 0.05) is 6.04 Å². The van der Waals surface area contributed by atoms with Gasteiger partial charge in [-0.25, -0.2) is 0 Å². The highest BCUT2D eigenvalue weighted by Crippen LogP contribution is 2.56. The molecule has 1 nitrogen and oxygen atoms in total. The summed E-state index contributed by atoms with van der Waals surface area (Å²) in [6, 6.07) is 10.6. The first kappa shape index (κ1) is 8.76. The Morgan fingerprint density at radius 1 is 1.31 bits per heavy atom. The maximum absolute atomic E-state index is 6.18. The van der Waals surface area contributed by atoms with Crippen LogP contribution in [-0.4, -0.2) is 0 Å². The first-order chi connectivity index (χ1) is 6.11. The van der Waals surface area contributed by atoms with Gasteiger partial charge < -0.3 is 5.73 Å². The Labute approximate surface area is 80.0 Å². The minimum absolute atomic E-state index is 0.233. The van der Waals surface area contributed by atoms with Gasteiger partial charge in [-0.05, 0) is 23.3 Å². The molecule has 0 radical (unpaired) electrons. The number of rotatable bonds is 2. The Kier molecular flexibility index (Phi) is 1.92. The smallest absolute Gasteiger partial charge is 0.0328 e. The van der Waals surface area contributed by atoms with Crippen LogP contribution in [0.2, 0.25) is 0 Å². The predicted octanol–water partition coefficient (Wildman–Crippen LogP) is 2.73. The Bertz CT molecular complexity index is 289. The lowest BCUT2D eigenvalue weighted by Crippen LogP contribution is -2.15. The molecule has 0 unspecified atom stereocenters. The van der Waals surface area contributed by atoms with Gasteiger partial charge in [0.25, 0.3) is 0 Å². The average Bonchev–Trinajstić information content (AvgIpc) is 2.76. The molecule has 2 N–H and O–H groups in total. The quantitative estimate of drug-likeness (QED) is 0.734. The molecule has 0 aromatic heterocycles. The second kappa shape index (κ2) is 2.85. The molecule has 0 amide bonds. The molecule has 1 saturated carbocycles. The zero-order valence-corrected chi connectivity index (χ0v) is 8.33. The summed E-state index contributed by atoms with van der Waals surface area (Å²) in [6.07, 6.45) is 1.27. The van der Waals surface area contributed by atoms with E-state index in [-0.39, 0.29) is 6.04 Å². The second-order valence-electron chi connectivity index (χ2n) is 4.74. The van der Waals surface area contributed by atoms with Crippen LogP contribution in [0.15, 0.2) is 30.3 Å². The molecule has 13 heavy (non-hydrogen) atoms. The summed E-state index contributed by atoms with van der Waals surface area (Å²) in [7, 11) is 0. The van der Waals surface area contributed by atoms with Crippen molar-refractivity contribution in [1.29, 1.82) is 0 Å². The fourth-order valence-electron chi connectivity index (χ4n) is 2.03. The number of nitrogens with two attached hydrogens (primary N) is 1. The van der Waals surface area contributed by atoms with E-state index in [1.54, 1.807) is 0 Å². The Balaban J connectivity index is 2.12. The molecular weight excluding hydrogens is 158 g/mol. The summed E-state index contributed by atoms with van der Waals surface area (Å²) in [4.78, 5) is 0. The zero-order valence-electron chi connectivity index (χ0n) is 8.33. The predicted molar refractivity (Wildman–Crippen MR) is 55.3 cm³/mol. The first-order valence-corrected chi connectivity index (χ1v) is 4.92. The van der Waals surface area contributed by atoms with Gasteiger partial charge >= 0.3 is 0 Å². The van der Waals surface area contributed by atoms with Crippen LogP contribution >= 0.6 is 0 Å². The van der Waals surface area contributed by atoms with Gasteiger partial charge in [0.05, 0.1) is 0 Å². The molecule has 0 spiro atoms. The molecular formula is C12H17N. The Morgan fingerprint density at radius 2 is 1.85 bits per heavy atom. The molecule has 1 aromatic carbocycles. The van der Waals surface area contributed by atoms with E-state index >= 15 is 0 Å². The van der Waals surface area contributed by atoms with Crippen molar-refractivity contribution in [3.63, 3.8) is 0 Å². The largest absolute Gasteiger partial charge is 0.324 e. The van der Waals surface area contributed by atoms with E-state index in [0.29, 0.717) is 11.3 Å². The van der Waals surface area contributed by atoms with Crippen molar-refractivity contribution in [3.8, 4) is 0 Å². The number of benzene rings is 1. The van der Waals surface area contributed by atoms with Gasteiger partial charge in [-0.1, -0.05) is 44.2 Å². The molecule has 1 aromatic rings. The second-order valence-corrected chi connectivity index (χ2v) is 4.74. The van der Waals surface area contributed by atoms with E-state index < -0.39 is 0 Å². The van der Waals surface area contributed by atoms with Crippen molar-refractivity contribution < 1.29 is 0 Å². The molecule has 0 aliphatic heterocycles. The Morgan fingerprint density at radius 3 is 2.31 bits per heavy atom. The fraction of sp³-hybridized carbons (Fsp3) is 0.500. The van der Waals surface area contributed by atoms with Crippen molar-refractivity contribution in [2.24, 2.45) is 17.1 Å². The number of hydrogen-bond donors (Lipinski definition) is 1. The van der Waals surface area contributed by atoms with Crippen molar-refractivity contribution in [3.05, 3.63) is 35.9 Å². The standard InChI is InChI=1S/C12H17N/c1-12(2)8-10(12)11(13)9-6-4-3-5-7-9/h3-7,10-11H,8,13H2,1-2H3/t10-,11+/m1/s1. The Hall–Kier alpha value is -0.820. The van der Waals surface area contributed by atoms with E-state index in [9.17, 15) is 0 Å². The summed E-state index contributed by atoms with van der Waals surface area (Å²) in [5, 5.41) is 0. The van der Waals surface area contributed by atoms with Crippen molar-refractivity contribution in [1.82, 2.24) is 0 Å². The summed E-state index contributed by atoms with van der Waals surface area (Å²) in [5.74, 6) is 0.676. The van der Waals surface area contributed by atoms with Crippen LogP contribution in [-0.2, 0) is 0 Å². The lowest BCUT2D eigenvalue weighted by molar-refractivity contribution is 0.491. The lowest BCUT2D eigenvalue weighted by Gasteiger charge is -2.13. The highest BCUT2D eigenvalue weighted by Gasteiger charge is 2.49. The third kappa shape index (κ3) is 1.61. The van der Waals surface area contributed by atoms with Crippen molar-refractivity contribution in [2.75, 3.05) is 0 Å². The summed E-state index contributed by atoms with van der Waals surface area (Å²) >= 11 is 0. The van der Waals surface area contributed by atoms with Crippen LogP contribution in [0.1, 0.15) is 31.9 Å². The molecule has 2 rings (SSSR count). The fourth-order valence-corrected chi connectivity index (χ4v) is 2.03. The SMILES string of the molecule is CC1(C)C[C@@H]1[C@@H](N)c1ccccc1. The molecule has 0 heterocycles. The minimum Gasteiger partial charge on any atom is -0.324 e. The molecule has 70 valence electrons. The molecule has 2 atom stereocenters. The van der Waals surface area contributed by atoms with Crippen LogP contribution < -0.4 is 5.73 Å². The van der Waals surface area contributed by atoms with Crippen LogP contribution in [0.5, 0.6) is 0 Å². The van der Waals surface area contributed by atoms with Crippen LogP contribution in [0.3, 0.4) is 0 Å². The topological polar surface area (TPSA) is 26.0 Å². The molecule has 1 aliphatic carbocycles. The van der Waals surface area contributed by atoms with Crippen LogP contribution in [0, 0.1) is 11.3 Å². The van der Waals surface area contributed by atoms with Crippen molar-refractivity contribution >= 4 is 0 Å². The van der Waals surface area contributed by atoms with Gasteiger partial charge in [0.15, 0.2) is 0 Å². The van der Waals surface area contributed by atoms with E-state index in [1.165, 1.54) is 12.0 Å². The first-order valence-electron chi connectivity index (χ1n) is 4.92. The molecule has 1 fully saturated rings. The van der Waals surface area contributed by atoms with E-state index in [2.05, 4.69) is 38.1 Å². The van der Waals surface area contributed by atoms with E-state index in [0.717, 1.165) is 0 Å². The van der Waals surface area contributed by atoms with Gasteiger partial charge in [0.2, 0.25) is 0 Å². The van der Waals surface area contributed by atoms with Crippen LogP contribution in [0.4, 0.5) is 0 Å². The summed E-state index contributed by atoms with van der Waals surface area (Å²) in [6.45, 7) is 4.58. The van der Waals surface area contributed by atoms with E-state index in [4.69, 9.17) is 5.73 Å². The maximum atomic E-state index is 6.18. The third-order valence-corrected chi connectivity index (χ3v) is 3.21. The van der Waals surface area contributed by atoms with Gasteiger partial charge in [-0.3, -0.25) is 0 Å². The van der Waals surface area contributed by atoms with Gasteiger partial charge in [-0.15, -0.1) is 0 Å². The van der Waals surface area contributed by atoms with Crippen LogP contribution in [0.25, 0.3) is 0 Å². The minimum atomic E-state index is 0.233. The molecule has 0 bridgehead atoms. The lowest BCUT2D eigenvalue weighted by atomic mass is 9.98.